The highest BCUT2D eigenvalue weighted by molar-refractivity contribution is 7.89. The SMILES string of the molecule is CCS(=O)(=O)N1CCOC[C@H]2CN(Cc3cnn(C)c3C)CC[C@H]21. The summed E-state index contributed by atoms with van der Waals surface area (Å²) in [6, 6.07) is 0.0729. The molecule has 0 spiro atoms. The third-order valence-electron chi connectivity index (χ3n) is 5.39. The Morgan fingerprint density at radius 1 is 1.38 bits per heavy atom. The summed E-state index contributed by atoms with van der Waals surface area (Å²) in [5.41, 5.74) is 2.42. The summed E-state index contributed by atoms with van der Waals surface area (Å²) >= 11 is 0. The number of aryl methyl sites for hydroxylation is 1. The van der Waals surface area contributed by atoms with Crippen LogP contribution < -0.4 is 0 Å². The zero-order chi connectivity index (χ0) is 17.3. The van der Waals surface area contributed by atoms with Crippen LogP contribution in [0, 0.1) is 12.8 Å². The Morgan fingerprint density at radius 2 is 2.17 bits per heavy atom. The van der Waals surface area contributed by atoms with E-state index in [9.17, 15) is 8.42 Å². The summed E-state index contributed by atoms with van der Waals surface area (Å²) in [5.74, 6) is 0.397. The fourth-order valence-corrected chi connectivity index (χ4v) is 5.16. The second-order valence-corrected chi connectivity index (χ2v) is 9.03. The van der Waals surface area contributed by atoms with E-state index in [1.54, 1.807) is 11.2 Å². The monoisotopic (exact) mass is 356 g/mol. The molecule has 136 valence electrons. The number of hydrogen-bond acceptors (Lipinski definition) is 5. The minimum absolute atomic E-state index is 0.0729. The molecule has 2 aliphatic rings. The van der Waals surface area contributed by atoms with Gasteiger partial charge in [-0.3, -0.25) is 9.58 Å². The minimum Gasteiger partial charge on any atom is -0.380 e. The molecule has 0 unspecified atom stereocenters. The number of piperidine rings is 1. The van der Waals surface area contributed by atoms with Gasteiger partial charge >= 0.3 is 0 Å². The van der Waals surface area contributed by atoms with E-state index in [2.05, 4.69) is 16.9 Å². The number of ether oxygens (including phenoxy) is 1. The van der Waals surface area contributed by atoms with Crippen molar-refractivity contribution < 1.29 is 13.2 Å². The minimum atomic E-state index is -3.17. The lowest BCUT2D eigenvalue weighted by atomic mass is 9.92. The molecule has 2 fully saturated rings. The van der Waals surface area contributed by atoms with Gasteiger partial charge in [-0.15, -0.1) is 0 Å². The van der Waals surface area contributed by atoms with E-state index < -0.39 is 10.0 Å². The highest BCUT2D eigenvalue weighted by atomic mass is 32.2. The smallest absolute Gasteiger partial charge is 0.214 e. The van der Waals surface area contributed by atoms with Crippen molar-refractivity contribution in [1.82, 2.24) is 19.0 Å². The van der Waals surface area contributed by atoms with Gasteiger partial charge in [-0.1, -0.05) is 0 Å². The van der Waals surface area contributed by atoms with Crippen LogP contribution in [-0.2, 0) is 28.4 Å². The van der Waals surface area contributed by atoms with Gasteiger partial charge in [-0.2, -0.15) is 9.40 Å². The molecule has 2 aliphatic heterocycles. The molecule has 0 radical (unpaired) electrons. The molecule has 1 aromatic heterocycles. The van der Waals surface area contributed by atoms with E-state index >= 15 is 0 Å². The Hall–Kier alpha value is -0.960. The molecule has 0 bridgehead atoms. The normalized spacial score (nSPS) is 27.0. The number of rotatable bonds is 4. The van der Waals surface area contributed by atoms with Crippen molar-refractivity contribution in [2.24, 2.45) is 13.0 Å². The van der Waals surface area contributed by atoms with E-state index in [1.807, 2.05) is 17.9 Å². The molecule has 0 aromatic carbocycles. The fraction of sp³-hybridized carbons (Fsp3) is 0.812. The Bertz CT molecular complexity index is 673. The molecule has 0 amide bonds. The predicted molar refractivity (Wildman–Crippen MR) is 92.1 cm³/mol. The van der Waals surface area contributed by atoms with Crippen LogP contribution in [0.1, 0.15) is 24.6 Å². The lowest BCUT2D eigenvalue weighted by Gasteiger charge is -2.41. The molecular formula is C16H28N4O3S. The van der Waals surface area contributed by atoms with Gasteiger partial charge in [0, 0.05) is 56.4 Å². The molecule has 0 saturated carbocycles. The van der Waals surface area contributed by atoms with Crippen LogP contribution in [0.15, 0.2) is 6.20 Å². The van der Waals surface area contributed by atoms with E-state index in [-0.39, 0.29) is 17.7 Å². The maximum atomic E-state index is 12.4. The van der Waals surface area contributed by atoms with Crippen LogP contribution in [-0.4, -0.2) is 72.0 Å². The summed E-state index contributed by atoms with van der Waals surface area (Å²) in [5, 5.41) is 4.31. The Labute approximate surface area is 144 Å². The van der Waals surface area contributed by atoms with Crippen LogP contribution in [0.25, 0.3) is 0 Å². The average molecular weight is 356 g/mol. The van der Waals surface area contributed by atoms with Gasteiger partial charge in [0.05, 0.1) is 25.2 Å². The second-order valence-electron chi connectivity index (χ2n) is 6.82. The zero-order valence-electron chi connectivity index (χ0n) is 14.8. The van der Waals surface area contributed by atoms with Crippen molar-refractivity contribution in [2.75, 3.05) is 38.6 Å². The van der Waals surface area contributed by atoms with Gasteiger partial charge in [0.25, 0.3) is 0 Å². The largest absolute Gasteiger partial charge is 0.380 e. The lowest BCUT2D eigenvalue weighted by Crippen LogP contribution is -2.53. The highest BCUT2D eigenvalue weighted by Gasteiger charge is 2.39. The molecule has 2 saturated heterocycles. The topological polar surface area (TPSA) is 67.7 Å². The van der Waals surface area contributed by atoms with Gasteiger partial charge in [0.2, 0.25) is 10.0 Å². The predicted octanol–water partition coefficient (Wildman–Crippen LogP) is 0.601. The molecular weight excluding hydrogens is 328 g/mol. The first-order valence-electron chi connectivity index (χ1n) is 8.69. The number of sulfonamides is 1. The molecule has 3 heterocycles. The number of likely N-dealkylation sites (tertiary alicyclic amines) is 1. The lowest BCUT2D eigenvalue weighted by molar-refractivity contribution is 0.0612. The van der Waals surface area contributed by atoms with Crippen LogP contribution in [0.3, 0.4) is 0 Å². The molecule has 2 atom stereocenters. The Morgan fingerprint density at radius 3 is 2.83 bits per heavy atom. The summed E-state index contributed by atoms with van der Waals surface area (Å²) in [6.45, 7) is 8.06. The van der Waals surface area contributed by atoms with Gasteiger partial charge in [0.15, 0.2) is 0 Å². The van der Waals surface area contributed by atoms with E-state index in [0.29, 0.717) is 19.8 Å². The summed E-state index contributed by atoms with van der Waals surface area (Å²) in [6.07, 6.45) is 2.80. The van der Waals surface area contributed by atoms with Crippen LogP contribution >= 0.6 is 0 Å². The molecule has 0 N–H and O–H groups in total. The summed E-state index contributed by atoms with van der Waals surface area (Å²) in [7, 11) is -1.22. The number of nitrogens with zero attached hydrogens (tertiary/aromatic N) is 4. The number of hydrogen-bond donors (Lipinski definition) is 0. The molecule has 7 nitrogen and oxygen atoms in total. The Balaban J connectivity index is 1.72. The van der Waals surface area contributed by atoms with Crippen molar-refractivity contribution >= 4 is 10.0 Å². The molecule has 0 aliphatic carbocycles. The van der Waals surface area contributed by atoms with Crippen molar-refractivity contribution in [1.29, 1.82) is 0 Å². The van der Waals surface area contributed by atoms with Crippen molar-refractivity contribution in [2.45, 2.75) is 32.9 Å². The third-order valence-corrected chi connectivity index (χ3v) is 7.29. The summed E-state index contributed by atoms with van der Waals surface area (Å²) in [4.78, 5) is 2.40. The average Bonchev–Trinajstić information content (AvgIpc) is 2.78. The van der Waals surface area contributed by atoms with E-state index in [0.717, 1.165) is 26.1 Å². The maximum absolute atomic E-state index is 12.4. The standard InChI is InChI=1S/C16H28N4O3S/c1-4-24(21,22)20-7-8-23-12-15-11-19(6-5-16(15)20)10-14-9-17-18(3)13(14)2/h9,15-16H,4-8,10-12H2,1-3H3/t15-,16-/m1/s1. The maximum Gasteiger partial charge on any atom is 0.214 e. The van der Waals surface area contributed by atoms with Gasteiger partial charge < -0.3 is 4.74 Å². The molecule has 8 heteroatoms. The van der Waals surface area contributed by atoms with Crippen LogP contribution in [0.5, 0.6) is 0 Å². The van der Waals surface area contributed by atoms with Crippen molar-refractivity contribution in [3.05, 3.63) is 17.5 Å². The van der Waals surface area contributed by atoms with Crippen molar-refractivity contribution in [3.8, 4) is 0 Å². The first-order valence-corrected chi connectivity index (χ1v) is 10.3. The zero-order valence-corrected chi connectivity index (χ0v) is 15.6. The quantitative estimate of drug-likeness (QED) is 0.790. The van der Waals surface area contributed by atoms with Crippen LogP contribution in [0.2, 0.25) is 0 Å². The highest BCUT2D eigenvalue weighted by Crippen LogP contribution is 2.28. The van der Waals surface area contributed by atoms with Gasteiger partial charge in [-0.05, 0) is 20.3 Å². The first kappa shape index (κ1) is 17.8. The van der Waals surface area contributed by atoms with Gasteiger partial charge in [-0.25, -0.2) is 8.42 Å². The van der Waals surface area contributed by atoms with Crippen molar-refractivity contribution in [3.63, 3.8) is 0 Å². The third kappa shape index (κ3) is 3.51. The van der Waals surface area contributed by atoms with E-state index in [4.69, 9.17) is 4.74 Å². The fourth-order valence-electron chi connectivity index (χ4n) is 3.79. The first-order chi connectivity index (χ1) is 11.4. The van der Waals surface area contributed by atoms with Gasteiger partial charge in [0.1, 0.15) is 0 Å². The van der Waals surface area contributed by atoms with Crippen LogP contribution in [0.4, 0.5) is 0 Å². The molecule has 24 heavy (non-hydrogen) atoms. The number of aromatic nitrogens is 2. The summed E-state index contributed by atoms with van der Waals surface area (Å²) < 4.78 is 34.2. The second kappa shape index (κ2) is 7.11. The molecule has 1 aromatic rings. The Kier molecular flexibility index (Phi) is 5.29. The number of fused-ring (bicyclic) bond motifs is 1. The van der Waals surface area contributed by atoms with E-state index in [1.165, 1.54) is 11.3 Å². The molecule has 3 rings (SSSR count).